The van der Waals surface area contributed by atoms with E-state index >= 15 is 0 Å². The first kappa shape index (κ1) is 23.2. The molecule has 0 fully saturated rings. The van der Waals surface area contributed by atoms with E-state index in [1.54, 1.807) is 24.3 Å². The van der Waals surface area contributed by atoms with Crippen LogP contribution in [0.15, 0.2) is 53.4 Å². The molecule has 0 saturated heterocycles. The van der Waals surface area contributed by atoms with Gasteiger partial charge in [0.1, 0.15) is 0 Å². The SMILES string of the molecule is COC(=O)CC(NC(=O)[C@H](C)NS(=O)(=O)c1ccc(Cl)cc1)c1ccccc1Cl. The van der Waals surface area contributed by atoms with Crippen molar-refractivity contribution in [1.82, 2.24) is 10.0 Å². The molecule has 1 unspecified atom stereocenters. The topological polar surface area (TPSA) is 102 Å². The van der Waals surface area contributed by atoms with Crippen LogP contribution in [0.5, 0.6) is 0 Å². The van der Waals surface area contributed by atoms with Gasteiger partial charge in [0.25, 0.3) is 0 Å². The summed E-state index contributed by atoms with van der Waals surface area (Å²) < 4.78 is 31.9. The molecule has 2 rings (SSSR count). The van der Waals surface area contributed by atoms with Crippen molar-refractivity contribution >= 4 is 45.1 Å². The van der Waals surface area contributed by atoms with Crippen molar-refractivity contribution in [2.75, 3.05) is 7.11 Å². The van der Waals surface area contributed by atoms with Crippen LogP contribution in [0.25, 0.3) is 0 Å². The number of sulfonamides is 1. The van der Waals surface area contributed by atoms with Crippen LogP contribution in [0.3, 0.4) is 0 Å². The molecule has 0 bridgehead atoms. The highest BCUT2D eigenvalue weighted by molar-refractivity contribution is 7.89. The fraction of sp³-hybridized carbons (Fsp3) is 0.263. The van der Waals surface area contributed by atoms with Gasteiger partial charge in [-0.05, 0) is 42.8 Å². The Labute approximate surface area is 179 Å². The predicted molar refractivity (Wildman–Crippen MR) is 110 cm³/mol. The number of ether oxygens (including phenoxy) is 1. The number of carbonyl (C=O) groups is 2. The van der Waals surface area contributed by atoms with E-state index in [9.17, 15) is 18.0 Å². The Kier molecular flexibility index (Phi) is 8.04. The molecule has 0 aromatic heterocycles. The van der Waals surface area contributed by atoms with E-state index in [2.05, 4.69) is 14.8 Å². The van der Waals surface area contributed by atoms with Crippen LogP contribution in [-0.4, -0.2) is 33.4 Å². The molecule has 2 N–H and O–H groups in total. The smallest absolute Gasteiger partial charge is 0.307 e. The number of amides is 1. The summed E-state index contributed by atoms with van der Waals surface area (Å²) >= 11 is 12.0. The molecular weight excluding hydrogens is 439 g/mol. The maximum Gasteiger partial charge on any atom is 0.307 e. The van der Waals surface area contributed by atoms with Crippen molar-refractivity contribution in [2.24, 2.45) is 0 Å². The van der Waals surface area contributed by atoms with Crippen molar-refractivity contribution in [3.8, 4) is 0 Å². The van der Waals surface area contributed by atoms with Gasteiger partial charge in [0.15, 0.2) is 0 Å². The zero-order valence-corrected chi connectivity index (χ0v) is 18.0. The molecule has 0 radical (unpaired) electrons. The number of hydrogen-bond acceptors (Lipinski definition) is 5. The second-order valence-electron chi connectivity index (χ2n) is 6.16. The summed E-state index contributed by atoms with van der Waals surface area (Å²) in [7, 11) is -2.71. The van der Waals surface area contributed by atoms with E-state index in [0.29, 0.717) is 15.6 Å². The van der Waals surface area contributed by atoms with Crippen LogP contribution in [0.2, 0.25) is 10.0 Å². The van der Waals surface area contributed by atoms with Gasteiger partial charge in [0, 0.05) is 10.0 Å². The summed E-state index contributed by atoms with van der Waals surface area (Å²) in [5, 5.41) is 3.40. The van der Waals surface area contributed by atoms with Gasteiger partial charge in [0.2, 0.25) is 15.9 Å². The number of nitrogens with one attached hydrogen (secondary N) is 2. The third-order valence-electron chi connectivity index (χ3n) is 4.04. The van der Waals surface area contributed by atoms with Crippen LogP contribution >= 0.6 is 23.2 Å². The fourth-order valence-electron chi connectivity index (χ4n) is 2.51. The van der Waals surface area contributed by atoms with Gasteiger partial charge < -0.3 is 10.1 Å². The molecule has 29 heavy (non-hydrogen) atoms. The van der Waals surface area contributed by atoms with Crippen LogP contribution in [-0.2, 0) is 24.3 Å². The molecule has 0 aliphatic rings. The minimum absolute atomic E-state index is 0.0289. The molecule has 10 heteroatoms. The van der Waals surface area contributed by atoms with E-state index in [-0.39, 0.29) is 11.3 Å². The standard InChI is InChI=1S/C19H20Cl2N2O5S/c1-12(23-29(26,27)14-9-7-13(20)8-10-14)19(25)22-17(11-18(24)28-2)15-5-3-4-6-16(15)21/h3-10,12,17,23H,11H2,1-2H3,(H,22,25)/t12-,17?/m0/s1. The highest BCUT2D eigenvalue weighted by atomic mass is 35.5. The Morgan fingerprint density at radius 3 is 2.28 bits per heavy atom. The zero-order chi connectivity index (χ0) is 21.6. The Hall–Kier alpha value is -2.13. The summed E-state index contributed by atoms with van der Waals surface area (Å²) in [5.41, 5.74) is 0.515. The van der Waals surface area contributed by atoms with Gasteiger partial charge >= 0.3 is 5.97 Å². The fourth-order valence-corrected chi connectivity index (χ4v) is 4.11. The number of hydrogen-bond donors (Lipinski definition) is 2. The van der Waals surface area contributed by atoms with Gasteiger partial charge in [0.05, 0.1) is 30.5 Å². The molecule has 0 spiro atoms. The quantitative estimate of drug-likeness (QED) is 0.591. The first-order chi connectivity index (χ1) is 13.6. The number of halogens is 2. The lowest BCUT2D eigenvalue weighted by Gasteiger charge is -2.22. The van der Waals surface area contributed by atoms with Crippen LogP contribution < -0.4 is 10.0 Å². The van der Waals surface area contributed by atoms with Gasteiger partial charge in [-0.3, -0.25) is 9.59 Å². The Morgan fingerprint density at radius 2 is 1.69 bits per heavy atom. The van der Waals surface area contributed by atoms with Gasteiger partial charge in [-0.2, -0.15) is 4.72 Å². The Balaban J connectivity index is 2.16. The van der Waals surface area contributed by atoms with Crippen LogP contribution in [0.4, 0.5) is 0 Å². The molecule has 0 saturated carbocycles. The molecule has 0 aliphatic carbocycles. The zero-order valence-electron chi connectivity index (χ0n) is 15.7. The van der Waals surface area contributed by atoms with Gasteiger partial charge in [-0.15, -0.1) is 0 Å². The third-order valence-corrected chi connectivity index (χ3v) is 6.20. The molecule has 2 aromatic rings. The van der Waals surface area contributed by atoms with E-state index in [1.165, 1.54) is 38.3 Å². The summed E-state index contributed by atoms with van der Waals surface area (Å²) in [5.74, 6) is -1.18. The summed E-state index contributed by atoms with van der Waals surface area (Å²) in [6, 6.07) is 10.4. The van der Waals surface area contributed by atoms with Crippen LogP contribution in [0.1, 0.15) is 24.9 Å². The van der Waals surface area contributed by atoms with Crippen LogP contribution in [0, 0.1) is 0 Å². The average molecular weight is 459 g/mol. The molecular formula is C19H20Cl2N2O5S. The second-order valence-corrected chi connectivity index (χ2v) is 8.72. The highest BCUT2D eigenvalue weighted by Crippen LogP contribution is 2.25. The predicted octanol–water partition coefficient (Wildman–Crippen LogP) is 3.08. The van der Waals surface area contributed by atoms with Crippen molar-refractivity contribution in [3.63, 3.8) is 0 Å². The van der Waals surface area contributed by atoms with Crippen molar-refractivity contribution < 1.29 is 22.7 Å². The molecule has 1 amide bonds. The molecule has 2 aromatic carbocycles. The number of esters is 1. The van der Waals surface area contributed by atoms with Crippen molar-refractivity contribution in [3.05, 3.63) is 64.1 Å². The van der Waals surface area contributed by atoms with E-state index in [0.717, 1.165) is 0 Å². The first-order valence-electron chi connectivity index (χ1n) is 8.53. The first-order valence-corrected chi connectivity index (χ1v) is 10.8. The lowest BCUT2D eigenvalue weighted by molar-refractivity contribution is -0.141. The maximum atomic E-state index is 12.6. The van der Waals surface area contributed by atoms with Gasteiger partial charge in [-0.1, -0.05) is 41.4 Å². The monoisotopic (exact) mass is 458 g/mol. The molecule has 7 nitrogen and oxygen atoms in total. The van der Waals surface area contributed by atoms with E-state index in [1.807, 2.05) is 0 Å². The molecule has 2 atom stereocenters. The van der Waals surface area contributed by atoms with E-state index < -0.39 is 34.0 Å². The number of benzene rings is 2. The summed E-state index contributed by atoms with van der Waals surface area (Å²) in [4.78, 5) is 24.3. The largest absolute Gasteiger partial charge is 0.469 e. The minimum atomic E-state index is -3.94. The second kappa shape index (κ2) is 10.1. The number of methoxy groups -OCH3 is 1. The normalized spacial score (nSPS) is 13.4. The lowest BCUT2D eigenvalue weighted by atomic mass is 10.0. The number of rotatable bonds is 8. The maximum absolute atomic E-state index is 12.6. The Bertz CT molecular complexity index is 980. The minimum Gasteiger partial charge on any atom is -0.469 e. The molecule has 0 aliphatic heterocycles. The average Bonchev–Trinajstić information content (AvgIpc) is 2.67. The summed E-state index contributed by atoms with van der Waals surface area (Å²) in [6.07, 6.45) is -0.164. The number of carbonyl (C=O) groups excluding carboxylic acids is 2. The lowest BCUT2D eigenvalue weighted by Crippen LogP contribution is -2.46. The molecule has 156 valence electrons. The van der Waals surface area contributed by atoms with Crippen molar-refractivity contribution in [1.29, 1.82) is 0 Å². The highest BCUT2D eigenvalue weighted by Gasteiger charge is 2.26. The third kappa shape index (κ3) is 6.43. The molecule has 0 heterocycles. The summed E-state index contributed by atoms with van der Waals surface area (Å²) in [6.45, 7) is 1.39. The van der Waals surface area contributed by atoms with E-state index in [4.69, 9.17) is 23.2 Å². The van der Waals surface area contributed by atoms with Gasteiger partial charge in [-0.25, -0.2) is 8.42 Å². The van der Waals surface area contributed by atoms with Crippen molar-refractivity contribution in [2.45, 2.75) is 30.3 Å². The Morgan fingerprint density at radius 1 is 1.07 bits per heavy atom.